The van der Waals surface area contributed by atoms with Crippen LogP contribution in [0.25, 0.3) is 11.3 Å². The Bertz CT molecular complexity index is 1000. The minimum atomic E-state index is -1.46. The third kappa shape index (κ3) is 5.06. The van der Waals surface area contributed by atoms with E-state index >= 15 is 0 Å². The third-order valence-electron chi connectivity index (χ3n) is 4.55. The maximum atomic E-state index is 12.7. The second-order valence-electron chi connectivity index (χ2n) is 9.15. The van der Waals surface area contributed by atoms with Gasteiger partial charge >= 0.3 is 5.97 Å². The van der Waals surface area contributed by atoms with Gasteiger partial charge in [0, 0.05) is 7.05 Å². The van der Waals surface area contributed by atoms with Crippen LogP contribution in [0.2, 0.25) is 19.6 Å². The van der Waals surface area contributed by atoms with Gasteiger partial charge in [-0.2, -0.15) is 10.4 Å². The molecule has 5 nitrogen and oxygen atoms in total. The Morgan fingerprint density at radius 3 is 2.14 bits per heavy atom. The number of ether oxygens (including phenoxy) is 1. The average molecular weight is 474 g/mol. The highest BCUT2D eigenvalue weighted by molar-refractivity contribution is 9.10. The molecule has 1 aromatic heterocycles. The number of carbonyl (C=O) groups excluding carboxylic acids is 1. The van der Waals surface area contributed by atoms with Crippen LogP contribution in [-0.4, -0.2) is 23.8 Å². The molecule has 0 N–H and O–H groups in total. The van der Waals surface area contributed by atoms with Gasteiger partial charge < -0.3 is 4.74 Å². The maximum Gasteiger partial charge on any atom is 0.316 e. The number of esters is 1. The number of hydrogen-bond acceptors (Lipinski definition) is 4. The lowest BCUT2D eigenvalue weighted by molar-refractivity contribution is -0.145. The van der Waals surface area contributed by atoms with Gasteiger partial charge in [0.15, 0.2) is 5.76 Å². The zero-order valence-corrected chi connectivity index (χ0v) is 20.9. The lowest BCUT2D eigenvalue weighted by Crippen LogP contribution is -2.37. The second kappa shape index (κ2) is 8.29. The summed E-state index contributed by atoms with van der Waals surface area (Å²) < 4.78 is 8.14. The van der Waals surface area contributed by atoms with Crippen molar-refractivity contribution in [2.24, 2.45) is 12.5 Å². The fraction of sp³-hybridized carbons (Fsp3) is 0.409. The van der Waals surface area contributed by atoms with E-state index in [4.69, 9.17) is 4.74 Å². The van der Waals surface area contributed by atoms with Crippen LogP contribution in [0.4, 0.5) is 0 Å². The van der Waals surface area contributed by atoms with E-state index in [1.54, 1.807) is 32.5 Å². The second-order valence-corrected chi connectivity index (χ2v) is 15.0. The highest BCUT2D eigenvalue weighted by atomic mass is 79.9. The van der Waals surface area contributed by atoms with Gasteiger partial charge in [0.2, 0.25) is 0 Å². The molecule has 29 heavy (non-hydrogen) atoms. The Hall–Kier alpha value is -2.17. The smallest absolute Gasteiger partial charge is 0.316 e. The normalized spacial score (nSPS) is 13.0. The van der Waals surface area contributed by atoms with Crippen LogP contribution in [0.1, 0.15) is 37.7 Å². The van der Waals surface area contributed by atoms with Crippen LogP contribution < -0.4 is 5.19 Å². The molecule has 0 saturated carbocycles. The Morgan fingerprint density at radius 1 is 1.21 bits per heavy atom. The first-order valence-corrected chi connectivity index (χ1v) is 13.7. The summed E-state index contributed by atoms with van der Waals surface area (Å²) in [5.41, 5.74) is 1.60. The minimum Gasteiger partial charge on any atom is -0.422 e. The molecule has 0 spiro atoms. The lowest BCUT2D eigenvalue weighted by Gasteiger charge is -2.20. The van der Waals surface area contributed by atoms with Crippen LogP contribution in [0, 0.1) is 23.7 Å². The molecular weight excluding hydrogens is 446 g/mol. The molecule has 0 unspecified atom stereocenters. The fourth-order valence-corrected chi connectivity index (χ4v) is 4.41. The van der Waals surface area contributed by atoms with Gasteiger partial charge in [0.25, 0.3) is 0 Å². The van der Waals surface area contributed by atoms with E-state index in [2.05, 4.69) is 58.9 Å². The van der Waals surface area contributed by atoms with Crippen molar-refractivity contribution < 1.29 is 9.53 Å². The topological polar surface area (TPSA) is 67.9 Å². The number of halogens is 1. The molecule has 7 heteroatoms. The number of hydrogen-bond donors (Lipinski definition) is 0. The van der Waals surface area contributed by atoms with E-state index in [0.29, 0.717) is 21.3 Å². The first-order chi connectivity index (χ1) is 13.3. The quantitative estimate of drug-likeness (QED) is 0.270. The first-order valence-electron chi connectivity index (χ1n) is 9.44. The van der Waals surface area contributed by atoms with Gasteiger partial charge in [-0.05, 0) is 49.2 Å². The molecule has 2 rings (SSSR count). The van der Waals surface area contributed by atoms with Crippen molar-refractivity contribution >= 4 is 46.5 Å². The molecule has 1 aromatic carbocycles. The monoisotopic (exact) mass is 473 g/mol. The Labute approximate surface area is 182 Å². The zero-order valence-electron chi connectivity index (χ0n) is 18.3. The first kappa shape index (κ1) is 23.1. The van der Waals surface area contributed by atoms with E-state index in [1.807, 2.05) is 19.1 Å². The summed E-state index contributed by atoms with van der Waals surface area (Å²) in [5, 5.41) is 15.7. The van der Waals surface area contributed by atoms with E-state index < -0.39 is 19.5 Å². The van der Waals surface area contributed by atoms with E-state index in [9.17, 15) is 10.1 Å². The summed E-state index contributed by atoms with van der Waals surface area (Å²) in [6, 6.07) is 10.2. The predicted octanol–water partition coefficient (Wildman–Crippen LogP) is 5.02. The summed E-state index contributed by atoms with van der Waals surface area (Å²) in [6.07, 6.45) is 0. The van der Waals surface area contributed by atoms with Crippen molar-refractivity contribution in [2.45, 2.75) is 47.3 Å². The molecule has 154 valence electrons. The largest absolute Gasteiger partial charge is 0.422 e. The number of benzene rings is 1. The van der Waals surface area contributed by atoms with Crippen molar-refractivity contribution in [3.8, 4) is 6.07 Å². The highest BCUT2D eigenvalue weighted by Gasteiger charge is 2.30. The summed E-state index contributed by atoms with van der Waals surface area (Å²) in [7, 11) is 0.301. The van der Waals surface area contributed by atoms with Gasteiger partial charge in [0.1, 0.15) is 17.3 Å². The van der Waals surface area contributed by atoms with Gasteiger partial charge in [-0.1, -0.05) is 49.1 Å². The highest BCUT2D eigenvalue weighted by Crippen LogP contribution is 2.35. The van der Waals surface area contributed by atoms with Crippen molar-refractivity contribution in [2.75, 3.05) is 0 Å². The molecule has 2 aromatic rings. The van der Waals surface area contributed by atoms with Crippen LogP contribution in [0.3, 0.4) is 0 Å². The summed E-state index contributed by atoms with van der Waals surface area (Å²) in [6.45, 7) is 14.0. The van der Waals surface area contributed by atoms with Crippen LogP contribution in [0.5, 0.6) is 0 Å². The zero-order chi connectivity index (χ0) is 22.1. The number of aryl methyl sites for hydroxylation is 2. The number of nitrogens with zero attached hydrogens (tertiary/aromatic N) is 3. The van der Waals surface area contributed by atoms with Gasteiger partial charge in [-0.3, -0.25) is 9.48 Å². The van der Waals surface area contributed by atoms with Crippen LogP contribution >= 0.6 is 15.9 Å². The molecule has 0 saturated heterocycles. The van der Waals surface area contributed by atoms with E-state index in [-0.39, 0.29) is 5.76 Å². The van der Waals surface area contributed by atoms with Crippen molar-refractivity contribution in [3.63, 3.8) is 0 Å². The Balaban J connectivity index is 2.73. The maximum absolute atomic E-state index is 12.7. The molecule has 0 fully saturated rings. The molecule has 0 aliphatic heterocycles. The van der Waals surface area contributed by atoms with E-state index in [1.165, 1.54) is 5.19 Å². The molecule has 0 amide bonds. The van der Waals surface area contributed by atoms with Crippen molar-refractivity contribution in [3.05, 3.63) is 45.7 Å². The number of aromatic nitrogens is 2. The van der Waals surface area contributed by atoms with Gasteiger partial charge in [0.05, 0.1) is 23.7 Å². The molecular formula is C22H28BrN3O2Si. The van der Waals surface area contributed by atoms with Gasteiger partial charge in [-0.25, -0.2) is 0 Å². The molecule has 0 radical (unpaired) electrons. The molecule has 0 atom stereocenters. The number of rotatable bonds is 4. The summed E-state index contributed by atoms with van der Waals surface area (Å²) >= 11 is 3.54. The number of allylic oxidation sites excluding steroid dienone is 1. The molecule has 0 bridgehead atoms. The lowest BCUT2D eigenvalue weighted by atomic mass is 9.97. The average Bonchev–Trinajstić information content (AvgIpc) is 2.85. The van der Waals surface area contributed by atoms with Crippen LogP contribution in [-0.2, 0) is 16.6 Å². The summed E-state index contributed by atoms with van der Waals surface area (Å²) in [5.74, 6) is -0.201. The van der Waals surface area contributed by atoms with E-state index in [0.717, 1.165) is 5.69 Å². The van der Waals surface area contributed by atoms with Crippen LogP contribution in [0.15, 0.2) is 28.7 Å². The summed E-state index contributed by atoms with van der Waals surface area (Å²) in [4.78, 5) is 12.7. The van der Waals surface area contributed by atoms with Crippen molar-refractivity contribution in [1.82, 2.24) is 9.78 Å². The third-order valence-corrected chi connectivity index (χ3v) is 7.56. The minimum absolute atomic E-state index is 0.211. The Kier molecular flexibility index (Phi) is 6.60. The Morgan fingerprint density at radius 2 is 1.76 bits per heavy atom. The standard InChI is InChI=1S/C22H28BrN3O2Si/c1-14-18(23)19(26(5)25-14)20(28-21(27)22(2,3)4)17(13-24)15-9-11-16(12-10-15)29(6,7)8/h9-12H,1-8H3/b20-17-. The fourth-order valence-electron chi connectivity index (χ4n) is 2.73. The van der Waals surface area contributed by atoms with Crippen molar-refractivity contribution in [1.29, 1.82) is 5.26 Å². The number of carbonyl (C=O) groups is 1. The number of nitriles is 1. The van der Waals surface area contributed by atoms with Gasteiger partial charge in [-0.15, -0.1) is 0 Å². The predicted molar refractivity (Wildman–Crippen MR) is 123 cm³/mol. The molecule has 1 heterocycles. The SMILES string of the molecule is Cc1nn(C)c(/C(OC(=O)C(C)(C)C)=C(\C#N)c2ccc([Si](C)(C)C)cc2)c1Br. The molecule has 0 aliphatic carbocycles. The molecule has 0 aliphatic rings.